The SMILES string of the molecule is COc1cc(Br)c(C=NNC(=O)C(CC(C)C)NC(=O)c2ccc(Cl)cc2)cc1OC. The molecular formula is C22H25BrClN3O4. The summed E-state index contributed by atoms with van der Waals surface area (Å²) in [6, 6.07) is 9.19. The molecule has 0 spiro atoms. The summed E-state index contributed by atoms with van der Waals surface area (Å²) < 4.78 is 11.3. The van der Waals surface area contributed by atoms with Gasteiger partial charge in [-0.3, -0.25) is 9.59 Å². The summed E-state index contributed by atoms with van der Waals surface area (Å²) in [6.45, 7) is 3.94. The summed E-state index contributed by atoms with van der Waals surface area (Å²) in [5, 5.41) is 7.33. The summed E-state index contributed by atoms with van der Waals surface area (Å²) in [5.74, 6) is 0.516. The zero-order valence-corrected chi connectivity index (χ0v) is 20.1. The molecule has 2 amide bonds. The summed E-state index contributed by atoms with van der Waals surface area (Å²) in [4.78, 5) is 25.2. The molecule has 0 aliphatic rings. The Morgan fingerprint density at radius 3 is 2.32 bits per heavy atom. The molecule has 2 rings (SSSR count). The highest BCUT2D eigenvalue weighted by molar-refractivity contribution is 9.10. The van der Waals surface area contributed by atoms with Crippen molar-refractivity contribution in [2.24, 2.45) is 11.0 Å². The number of benzene rings is 2. The van der Waals surface area contributed by atoms with Gasteiger partial charge in [-0.25, -0.2) is 5.43 Å². The average Bonchev–Trinajstić information content (AvgIpc) is 2.74. The molecule has 0 aliphatic heterocycles. The van der Waals surface area contributed by atoms with Crippen molar-refractivity contribution in [2.45, 2.75) is 26.3 Å². The number of ether oxygens (including phenoxy) is 2. The molecule has 0 aliphatic carbocycles. The van der Waals surface area contributed by atoms with Gasteiger partial charge in [-0.15, -0.1) is 0 Å². The Labute approximate surface area is 195 Å². The van der Waals surface area contributed by atoms with Gasteiger partial charge in [-0.1, -0.05) is 25.4 Å². The normalized spacial score (nSPS) is 12.0. The van der Waals surface area contributed by atoms with Crippen LogP contribution in [-0.4, -0.2) is 38.3 Å². The topological polar surface area (TPSA) is 89.0 Å². The lowest BCUT2D eigenvalue weighted by molar-refractivity contribution is -0.123. The summed E-state index contributed by atoms with van der Waals surface area (Å²) in [6.07, 6.45) is 1.94. The van der Waals surface area contributed by atoms with Crippen LogP contribution < -0.4 is 20.2 Å². The number of nitrogens with one attached hydrogen (secondary N) is 2. The summed E-state index contributed by atoms with van der Waals surface area (Å²) >= 11 is 9.30. The fraction of sp³-hybridized carbons (Fsp3) is 0.318. The Hall–Kier alpha value is -2.58. The molecule has 166 valence electrons. The van der Waals surface area contributed by atoms with Crippen LogP contribution in [0.3, 0.4) is 0 Å². The predicted octanol–water partition coefficient (Wildman–Crippen LogP) is 4.41. The van der Waals surface area contributed by atoms with Crippen molar-refractivity contribution in [1.82, 2.24) is 10.7 Å². The Balaban J connectivity index is 2.10. The van der Waals surface area contributed by atoms with Crippen LogP contribution in [-0.2, 0) is 4.79 Å². The van der Waals surface area contributed by atoms with Crippen molar-refractivity contribution in [2.75, 3.05) is 14.2 Å². The van der Waals surface area contributed by atoms with Crippen LogP contribution in [0.15, 0.2) is 46.0 Å². The smallest absolute Gasteiger partial charge is 0.262 e. The van der Waals surface area contributed by atoms with Crippen molar-refractivity contribution in [3.8, 4) is 11.5 Å². The van der Waals surface area contributed by atoms with Crippen LogP contribution in [0.25, 0.3) is 0 Å². The third-order valence-corrected chi connectivity index (χ3v) is 5.26. The monoisotopic (exact) mass is 509 g/mol. The van der Waals surface area contributed by atoms with Gasteiger partial charge in [0, 0.05) is 20.6 Å². The van der Waals surface area contributed by atoms with E-state index in [9.17, 15) is 9.59 Å². The van der Waals surface area contributed by atoms with Crippen LogP contribution in [0.1, 0.15) is 36.2 Å². The fourth-order valence-corrected chi connectivity index (χ4v) is 3.31. The number of halogens is 2. The molecule has 0 bridgehead atoms. The minimum Gasteiger partial charge on any atom is -0.493 e. The Morgan fingerprint density at radius 2 is 1.74 bits per heavy atom. The van der Waals surface area contributed by atoms with Gasteiger partial charge in [0.1, 0.15) is 6.04 Å². The molecule has 7 nitrogen and oxygen atoms in total. The van der Waals surface area contributed by atoms with E-state index in [0.717, 1.165) is 4.47 Å². The van der Waals surface area contributed by atoms with E-state index >= 15 is 0 Å². The maximum absolute atomic E-state index is 12.7. The van der Waals surface area contributed by atoms with E-state index in [1.165, 1.54) is 13.3 Å². The highest BCUT2D eigenvalue weighted by Crippen LogP contribution is 2.32. The maximum Gasteiger partial charge on any atom is 0.262 e. The average molecular weight is 511 g/mol. The lowest BCUT2D eigenvalue weighted by Gasteiger charge is -2.19. The van der Waals surface area contributed by atoms with Crippen LogP contribution >= 0.6 is 27.5 Å². The summed E-state index contributed by atoms with van der Waals surface area (Å²) in [7, 11) is 3.08. The Kier molecular flexibility index (Phi) is 9.33. The van der Waals surface area contributed by atoms with Crippen molar-refractivity contribution in [3.63, 3.8) is 0 Å². The van der Waals surface area contributed by atoms with E-state index in [0.29, 0.717) is 34.1 Å². The predicted molar refractivity (Wildman–Crippen MR) is 125 cm³/mol. The number of amides is 2. The van der Waals surface area contributed by atoms with Crippen molar-refractivity contribution < 1.29 is 19.1 Å². The van der Waals surface area contributed by atoms with Crippen LogP contribution in [0.5, 0.6) is 11.5 Å². The number of hydrazone groups is 1. The molecule has 1 unspecified atom stereocenters. The molecular weight excluding hydrogens is 486 g/mol. The number of rotatable bonds is 9. The Morgan fingerprint density at radius 1 is 1.13 bits per heavy atom. The van der Waals surface area contributed by atoms with Gasteiger partial charge >= 0.3 is 0 Å². The molecule has 9 heteroatoms. The quantitative estimate of drug-likeness (QED) is 0.386. The van der Waals surface area contributed by atoms with Crippen LogP contribution in [0.4, 0.5) is 0 Å². The zero-order chi connectivity index (χ0) is 23.0. The van der Waals surface area contributed by atoms with Gasteiger partial charge in [0.15, 0.2) is 11.5 Å². The Bertz CT molecular complexity index is 949. The molecule has 0 heterocycles. The molecule has 2 N–H and O–H groups in total. The number of hydrogen-bond acceptors (Lipinski definition) is 5. The van der Waals surface area contributed by atoms with Gasteiger partial charge in [0.2, 0.25) is 0 Å². The maximum atomic E-state index is 12.7. The first-order chi connectivity index (χ1) is 14.7. The van der Waals surface area contributed by atoms with Gasteiger partial charge in [-0.05, 0) is 64.7 Å². The zero-order valence-electron chi connectivity index (χ0n) is 17.7. The third kappa shape index (κ3) is 7.25. The molecule has 31 heavy (non-hydrogen) atoms. The number of methoxy groups -OCH3 is 2. The molecule has 2 aromatic carbocycles. The number of nitrogens with zero attached hydrogens (tertiary/aromatic N) is 1. The second-order valence-electron chi connectivity index (χ2n) is 7.13. The molecule has 1 atom stereocenters. The highest BCUT2D eigenvalue weighted by atomic mass is 79.9. The summed E-state index contributed by atoms with van der Waals surface area (Å²) in [5.41, 5.74) is 3.60. The fourth-order valence-electron chi connectivity index (χ4n) is 2.76. The second kappa shape index (κ2) is 11.7. The standard InChI is InChI=1S/C22H25BrClN3O4/c1-13(2)9-18(26-21(28)14-5-7-16(24)8-6-14)22(29)27-25-12-15-10-19(30-3)20(31-4)11-17(15)23/h5-8,10-13,18H,9H2,1-4H3,(H,26,28)(H,27,29). The molecule has 0 saturated carbocycles. The lowest BCUT2D eigenvalue weighted by atomic mass is 10.0. The largest absolute Gasteiger partial charge is 0.493 e. The van der Waals surface area contributed by atoms with Gasteiger partial charge < -0.3 is 14.8 Å². The number of hydrogen-bond donors (Lipinski definition) is 2. The van der Waals surface area contributed by atoms with Gasteiger partial charge in [0.05, 0.1) is 20.4 Å². The first-order valence-electron chi connectivity index (χ1n) is 9.56. The first-order valence-corrected chi connectivity index (χ1v) is 10.7. The van der Waals surface area contributed by atoms with Gasteiger partial charge in [0.25, 0.3) is 11.8 Å². The minimum atomic E-state index is -0.742. The highest BCUT2D eigenvalue weighted by Gasteiger charge is 2.22. The minimum absolute atomic E-state index is 0.185. The van der Waals surface area contributed by atoms with Gasteiger partial charge in [-0.2, -0.15) is 5.10 Å². The lowest BCUT2D eigenvalue weighted by Crippen LogP contribution is -2.46. The first kappa shape index (κ1) is 24.7. The number of carbonyl (C=O) groups excluding carboxylic acids is 2. The van der Waals surface area contributed by atoms with E-state index in [-0.39, 0.29) is 11.8 Å². The number of carbonyl (C=O) groups is 2. The third-order valence-electron chi connectivity index (χ3n) is 4.32. The van der Waals surface area contributed by atoms with E-state index in [2.05, 4.69) is 31.8 Å². The van der Waals surface area contributed by atoms with Crippen molar-refractivity contribution in [3.05, 3.63) is 57.0 Å². The van der Waals surface area contributed by atoms with Crippen molar-refractivity contribution >= 4 is 45.6 Å². The van der Waals surface area contributed by atoms with E-state index in [1.807, 2.05) is 13.8 Å². The van der Waals surface area contributed by atoms with Crippen molar-refractivity contribution in [1.29, 1.82) is 0 Å². The molecule has 2 aromatic rings. The molecule has 0 radical (unpaired) electrons. The second-order valence-corrected chi connectivity index (χ2v) is 8.42. The van der Waals surface area contributed by atoms with E-state index in [1.54, 1.807) is 43.5 Å². The molecule has 0 saturated heterocycles. The van der Waals surface area contributed by atoms with Crippen LogP contribution in [0, 0.1) is 5.92 Å². The van der Waals surface area contributed by atoms with Crippen LogP contribution in [0.2, 0.25) is 5.02 Å². The molecule has 0 fully saturated rings. The molecule has 0 aromatic heterocycles. The van der Waals surface area contributed by atoms with E-state index < -0.39 is 11.9 Å². The van der Waals surface area contributed by atoms with E-state index in [4.69, 9.17) is 21.1 Å².